The zero-order valence-corrected chi connectivity index (χ0v) is 14.1. The molecule has 0 amide bonds. The van der Waals surface area contributed by atoms with Crippen molar-refractivity contribution in [2.24, 2.45) is 7.05 Å². The minimum Gasteiger partial charge on any atom is -0.593 e. The Labute approximate surface area is 138 Å². The number of rotatable bonds is 3. The molecule has 0 aliphatic carbocycles. The molecular formula is C18H18N2O2S. The number of aryl methyl sites for hydroxylation is 1. The van der Waals surface area contributed by atoms with Crippen LogP contribution in [0.25, 0.3) is 21.9 Å². The highest BCUT2D eigenvalue weighted by molar-refractivity contribution is 7.92. The molecule has 118 valence electrons. The van der Waals surface area contributed by atoms with E-state index in [0.29, 0.717) is 5.39 Å². The van der Waals surface area contributed by atoms with Gasteiger partial charge in [-0.05, 0) is 29.1 Å². The molecule has 1 heterocycles. The van der Waals surface area contributed by atoms with Crippen molar-refractivity contribution in [3.05, 3.63) is 65.1 Å². The van der Waals surface area contributed by atoms with Crippen LogP contribution in [-0.4, -0.2) is 22.4 Å². The van der Waals surface area contributed by atoms with E-state index in [1.807, 2.05) is 54.7 Å². The first kappa shape index (κ1) is 15.6. The lowest BCUT2D eigenvalue weighted by molar-refractivity contribution is 0.599. The molecule has 1 unspecified atom stereocenters. The van der Waals surface area contributed by atoms with Crippen LogP contribution in [0.5, 0.6) is 0 Å². The molecule has 0 saturated heterocycles. The predicted octanol–water partition coefficient (Wildman–Crippen LogP) is 2.94. The van der Waals surface area contributed by atoms with E-state index in [2.05, 4.69) is 0 Å². The molecular weight excluding hydrogens is 308 g/mol. The van der Waals surface area contributed by atoms with Gasteiger partial charge in [0.2, 0.25) is 0 Å². The van der Waals surface area contributed by atoms with E-state index in [-0.39, 0.29) is 5.56 Å². The zero-order chi connectivity index (χ0) is 16.6. The first-order valence-corrected chi connectivity index (χ1v) is 8.76. The van der Waals surface area contributed by atoms with Crippen molar-refractivity contribution in [3.63, 3.8) is 0 Å². The maximum absolute atomic E-state index is 12.3. The zero-order valence-electron chi connectivity index (χ0n) is 13.3. The molecule has 0 bridgehead atoms. The molecule has 3 rings (SSSR count). The summed E-state index contributed by atoms with van der Waals surface area (Å²) >= 11 is -1.08. The van der Waals surface area contributed by atoms with Gasteiger partial charge in [0.15, 0.2) is 0 Å². The molecule has 0 fully saturated rings. The molecule has 0 spiro atoms. The van der Waals surface area contributed by atoms with Crippen LogP contribution in [0.2, 0.25) is 0 Å². The minimum atomic E-state index is -1.08. The normalized spacial score (nSPS) is 12.3. The number of hydrogen-bond donors (Lipinski definition) is 0. The first-order chi connectivity index (χ1) is 11.0. The fraction of sp³-hybridized carbons (Fsp3) is 0.167. The average Bonchev–Trinajstić information content (AvgIpc) is 2.57. The second-order valence-corrected chi connectivity index (χ2v) is 6.87. The molecule has 4 nitrogen and oxygen atoms in total. The molecule has 0 radical (unpaired) electrons. The third-order valence-corrected chi connectivity index (χ3v) is 4.98. The van der Waals surface area contributed by atoms with Gasteiger partial charge < -0.3 is 9.12 Å². The molecule has 23 heavy (non-hydrogen) atoms. The van der Waals surface area contributed by atoms with Crippen molar-refractivity contribution in [3.8, 4) is 11.1 Å². The Morgan fingerprint density at radius 2 is 1.78 bits per heavy atom. The quantitative estimate of drug-likeness (QED) is 0.695. The predicted molar refractivity (Wildman–Crippen MR) is 97.1 cm³/mol. The van der Waals surface area contributed by atoms with Gasteiger partial charge in [-0.1, -0.05) is 30.3 Å². The van der Waals surface area contributed by atoms with Crippen molar-refractivity contribution >= 4 is 27.8 Å². The lowest BCUT2D eigenvalue weighted by atomic mass is 10.0. The van der Waals surface area contributed by atoms with Crippen molar-refractivity contribution < 1.29 is 4.55 Å². The largest absolute Gasteiger partial charge is 0.593 e. The highest BCUT2D eigenvalue weighted by atomic mass is 32.2. The van der Waals surface area contributed by atoms with Gasteiger partial charge in [0.1, 0.15) is 6.26 Å². The summed E-state index contributed by atoms with van der Waals surface area (Å²) in [7, 11) is 3.56. The Morgan fingerprint density at radius 3 is 2.48 bits per heavy atom. The van der Waals surface area contributed by atoms with Crippen LogP contribution in [0.1, 0.15) is 0 Å². The van der Waals surface area contributed by atoms with E-state index in [1.165, 1.54) is 0 Å². The molecule has 3 aromatic rings. The van der Waals surface area contributed by atoms with E-state index in [4.69, 9.17) is 0 Å². The standard InChI is InChI=1S/C18H18N2O2S/c1-19-12-17(15-9-4-5-10-16(15)18(19)21)13-7-6-8-14(11-13)20(2)23(3)22/h4-12H,1-3H3. The molecule has 0 aliphatic heterocycles. The van der Waals surface area contributed by atoms with Crippen LogP contribution in [0.4, 0.5) is 5.69 Å². The van der Waals surface area contributed by atoms with Crippen molar-refractivity contribution in [2.75, 3.05) is 17.6 Å². The van der Waals surface area contributed by atoms with Crippen molar-refractivity contribution in [1.82, 2.24) is 4.57 Å². The van der Waals surface area contributed by atoms with E-state index in [9.17, 15) is 9.35 Å². The van der Waals surface area contributed by atoms with Crippen LogP contribution in [0.15, 0.2) is 59.5 Å². The van der Waals surface area contributed by atoms with E-state index >= 15 is 0 Å². The van der Waals surface area contributed by atoms with E-state index in [0.717, 1.165) is 22.2 Å². The van der Waals surface area contributed by atoms with Crippen LogP contribution >= 0.6 is 0 Å². The van der Waals surface area contributed by atoms with Gasteiger partial charge in [-0.3, -0.25) is 4.79 Å². The molecule has 0 saturated carbocycles. The lowest BCUT2D eigenvalue weighted by Gasteiger charge is -2.19. The van der Waals surface area contributed by atoms with Crippen LogP contribution < -0.4 is 9.86 Å². The molecule has 1 atom stereocenters. The first-order valence-electron chi connectivity index (χ1n) is 7.25. The minimum absolute atomic E-state index is 0.00714. The number of benzene rings is 2. The highest BCUT2D eigenvalue weighted by Gasteiger charge is 2.13. The second-order valence-electron chi connectivity index (χ2n) is 5.48. The van der Waals surface area contributed by atoms with Crippen LogP contribution in [0.3, 0.4) is 0 Å². The topological polar surface area (TPSA) is 48.3 Å². The van der Waals surface area contributed by atoms with Crippen LogP contribution in [-0.2, 0) is 18.4 Å². The van der Waals surface area contributed by atoms with Gasteiger partial charge in [0, 0.05) is 24.2 Å². The number of nitrogens with zero attached hydrogens (tertiary/aromatic N) is 2. The summed E-state index contributed by atoms with van der Waals surface area (Å²) in [4.78, 5) is 12.3. The number of aromatic nitrogens is 1. The smallest absolute Gasteiger partial charge is 0.258 e. The molecule has 5 heteroatoms. The van der Waals surface area contributed by atoms with Gasteiger partial charge in [0.25, 0.3) is 5.56 Å². The van der Waals surface area contributed by atoms with E-state index in [1.54, 1.807) is 29.2 Å². The van der Waals surface area contributed by atoms with Gasteiger partial charge in [-0.2, -0.15) is 4.31 Å². The van der Waals surface area contributed by atoms with Gasteiger partial charge in [-0.25, -0.2) is 0 Å². The summed E-state index contributed by atoms with van der Waals surface area (Å²) in [6.45, 7) is 0. The number of fused-ring (bicyclic) bond motifs is 1. The monoisotopic (exact) mass is 326 g/mol. The Hall–Kier alpha value is -2.24. The fourth-order valence-electron chi connectivity index (χ4n) is 2.66. The lowest BCUT2D eigenvalue weighted by Crippen LogP contribution is -2.24. The average molecular weight is 326 g/mol. The molecule has 0 N–H and O–H groups in total. The van der Waals surface area contributed by atoms with E-state index < -0.39 is 11.4 Å². The van der Waals surface area contributed by atoms with Gasteiger partial charge in [0.05, 0.1) is 24.1 Å². The second kappa shape index (κ2) is 6.10. The Kier molecular flexibility index (Phi) is 4.15. The number of pyridine rings is 1. The third kappa shape index (κ3) is 2.85. The summed E-state index contributed by atoms with van der Waals surface area (Å²) in [5, 5.41) is 1.62. The van der Waals surface area contributed by atoms with Crippen molar-refractivity contribution in [2.45, 2.75) is 0 Å². The van der Waals surface area contributed by atoms with Crippen LogP contribution in [0, 0.1) is 0 Å². The van der Waals surface area contributed by atoms with Gasteiger partial charge in [-0.15, -0.1) is 0 Å². The summed E-state index contributed by atoms with van der Waals surface area (Å²) < 4.78 is 15.0. The summed E-state index contributed by atoms with van der Waals surface area (Å²) in [6.07, 6.45) is 3.50. The number of hydrogen-bond acceptors (Lipinski definition) is 3. The summed E-state index contributed by atoms with van der Waals surface area (Å²) in [5.74, 6) is 0. The third-order valence-electron chi connectivity index (χ3n) is 4.00. The summed E-state index contributed by atoms with van der Waals surface area (Å²) in [5.41, 5.74) is 2.85. The maximum atomic E-state index is 12.3. The van der Waals surface area contributed by atoms with Crippen molar-refractivity contribution in [1.29, 1.82) is 0 Å². The fourth-order valence-corrected chi connectivity index (χ4v) is 3.07. The van der Waals surface area contributed by atoms with Gasteiger partial charge >= 0.3 is 0 Å². The molecule has 0 aliphatic rings. The number of anilines is 1. The Balaban J connectivity index is 2.24. The Bertz CT molecular complexity index is 918. The Morgan fingerprint density at radius 1 is 1.09 bits per heavy atom. The summed E-state index contributed by atoms with van der Waals surface area (Å²) in [6, 6.07) is 15.5. The molecule has 2 aromatic carbocycles. The molecule has 1 aromatic heterocycles. The maximum Gasteiger partial charge on any atom is 0.258 e. The SMILES string of the molecule is CN(c1cccc(-c2cn(C)c(=O)c3ccccc23)c1)[S+](C)[O-]. The highest BCUT2D eigenvalue weighted by Crippen LogP contribution is 2.29.